The molecule has 0 aliphatic carbocycles. The van der Waals surface area contributed by atoms with Gasteiger partial charge in [-0.2, -0.15) is 5.10 Å². The van der Waals surface area contributed by atoms with Crippen LogP contribution >= 0.6 is 0 Å². The van der Waals surface area contributed by atoms with Gasteiger partial charge in [-0.25, -0.2) is 9.97 Å². The zero-order chi connectivity index (χ0) is 22.9. The number of nitrogens with zero attached hydrogens (tertiary/aromatic N) is 4. The van der Waals surface area contributed by atoms with Gasteiger partial charge in [0, 0.05) is 35.7 Å². The van der Waals surface area contributed by atoms with Crippen molar-refractivity contribution in [2.75, 3.05) is 17.2 Å². The minimum atomic E-state index is -0.306. The zero-order valence-electron chi connectivity index (χ0n) is 18.6. The molecule has 0 saturated heterocycles. The third-order valence-corrected chi connectivity index (χ3v) is 4.95. The first-order chi connectivity index (χ1) is 15.2. The maximum atomic E-state index is 13.0. The molecule has 0 aromatic carbocycles. The molecular formula is C23H27N7O2. The lowest BCUT2D eigenvalue weighted by Gasteiger charge is -2.23. The Labute approximate surface area is 185 Å². The first-order valence-corrected chi connectivity index (χ1v) is 10.4. The highest BCUT2D eigenvalue weighted by molar-refractivity contribution is 5.93. The Kier molecular flexibility index (Phi) is 5.67. The number of aromatic amines is 1. The van der Waals surface area contributed by atoms with E-state index in [0.29, 0.717) is 22.8 Å². The van der Waals surface area contributed by atoms with Crippen LogP contribution in [0, 0.1) is 6.92 Å². The van der Waals surface area contributed by atoms with Gasteiger partial charge in [-0.3, -0.25) is 9.89 Å². The van der Waals surface area contributed by atoms with Crippen molar-refractivity contribution in [2.24, 2.45) is 0 Å². The van der Waals surface area contributed by atoms with Gasteiger partial charge in [0.15, 0.2) is 0 Å². The fraction of sp³-hybridized carbons (Fsp3) is 0.304. The normalized spacial score (nSPS) is 11.7. The molecule has 9 heteroatoms. The van der Waals surface area contributed by atoms with E-state index in [-0.39, 0.29) is 24.2 Å². The molecule has 0 fully saturated rings. The van der Waals surface area contributed by atoms with E-state index in [1.807, 2.05) is 52.0 Å². The topological polar surface area (TPSA) is 121 Å². The van der Waals surface area contributed by atoms with Gasteiger partial charge in [0.25, 0.3) is 5.56 Å². The average Bonchev–Trinajstić information content (AvgIpc) is 3.15. The molecule has 4 N–H and O–H groups in total. The Morgan fingerprint density at radius 1 is 1.19 bits per heavy atom. The van der Waals surface area contributed by atoms with Gasteiger partial charge >= 0.3 is 0 Å². The van der Waals surface area contributed by atoms with E-state index in [0.717, 1.165) is 22.2 Å². The fourth-order valence-electron chi connectivity index (χ4n) is 3.54. The molecule has 4 rings (SSSR count). The molecule has 0 spiro atoms. The molecule has 0 aliphatic heterocycles. The van der Waals surface area contributed by atoms with Crippen molar-refractivity contribution in [2.45, 2.75) is 39.8 Å². The first-order valence-electron chi connectivity index (χ1n) is 10.4. The second-order valence-corrected chi connectivity index (χ2v) is 8.70. The summed E-state index contributed by atoms with van der Waals surface area (Å²) in [6.07, 6.45) is 5.20. The fourth-order valence-corrected chi connectivity index (χ4v) is 3.54. The summed E-state index contributed by atoms with van der Waals surface area (Å²) in [5.74, 6) is 1.68. The number of hydrogen-bond donors (Lipinski definition) is 4. The molecule has 0 atom stereocenters. The summed E-state index contributed by atoms with van der Waals surface area (Å²) >= 11 is 0. The second-order valence-electron chi connectivity index (χ2n) is 8.70. The predicted octanol–water partition coefficient (Wildman–Crippen LogP) is 3.44. The number of aliphatic hydroxyl groups is 1. The maximum Gasteiger partial charge on any atom is 0.262 e. The standard InChI is InChI=1S/C23H27N7O2/c1-14-17(13-25-29-14)15-5-7-24-18(11-15)26-19-12-16-6-8-30(9-10-31)22(32)20(16)21(27-19)28-23(2,3)4/h5-8,11-13,31H,9-10H2,1-4H3,(H,25,29)(H2,24,26,27,28). The van der Waals surface area contributed by atoms with Crippen molar-refractivity contribution < 1.29 is 5.11 Å². The largest absolute Gasteiger partial charge is 0.395 e. The van der Waals surface area contributed by atoms with Gasteiger partial charge in [0.2, 0.25) is 0 Å². The predicted molar refractivity (Wildman–Crippen MR) is 126 cm³/mol. The minimum Gasteiger partial charge on any atom is -0.395 e. The van der Waals surface area contributed by atoms with Crippen LogP contribution in [0.15, 0.2) is 47.7 Å². The lowest BCUT2D eigenvalue weighted by atomic mass is 10.1. The van der Waals surface area contributed by atoms with Crippen molar-refractivity contribution >= 4 is 28.2 Å². The smallest absolute Gasteiger partial charge is 0.262 e. The molecule has 4 aromatic rings. The third kappa shape index (κ3) is 4.47. The van der Waals surface area contributed by atoms with Gasteiger partial charge in [-0.15, -0.1) is 0 Å². The van der Waals surface area contributed by atoms with E-state index in [2.05, 4.69) is 25.8 Å². The Hall–Kier alpha value is -3.72. The van der Waals surface area contributed by atoms with E-state index < -0.39 is 0 Å². The van der Waals surface area contributed by atoms with Crippen molar-refractivity contribution in [1.82, 2.24) is 24.7 Å². The lowest BCUT2D eigenvalue weighted by Crippen LogP contribution is -2.29. The Balaban J connectivity index is 1.78. The molecule has 166 valence electrons. The Morgan fingerprint density at radius 2 is 2.00 bits per heavy atom. The van der Waals surface area contributed by atoms with E-state index in [9.17, 15) is 9.90 Å². The summed E-state index contributed by atoms with van der Waals surface area (Å²) in [7, 11) is 0. The highest BCUT2D eigenvalue weighted by Crippen LogP contribution is 2.28. The van der Waals surface area contributed by atoms with Crippen LogP contribution < -0.4 is 16.2 Å². The van der Waals surface area contributed by atoms with Crippen LogP contribution in [-0.4, -0.2) is 42.0 Å². The van der Waals surface area contributed by atoms with Crippen LogP contribution in [0.4, 0.5) is 17.5 Å². The van der Waals surface area contributed by atoms with Crippen molar-refractivity contribution in [3.63, 3.8) is 0 Å². The average molecular weight is 434 g/mol. The number of aryl methyl sites for hydroxylation is 1. The van der Waals surface area contributed by atoms with Crippen molar-refractivity contribution in [1.29, 1.82) is 0 Å². The van der Waals surface area contributed by atoms with E-state index >= 15 is 0 Å². The number of aromatic nitrogens is 5. The van der Waals surface area contributed by atoms with Crippen LogP contribution in [0.3, 0.4) is 0 Å². The summed E-state index contributed by atoms with van der Waals surface area (Å²) in [5, 5.41) is 24.1. The number of pyridine rings is 3. The maximum absolute atomic E-state index is 13.0. The van der Waals surface area contributed by atoms with E-state index in [4.69, 9.17) is 4.98 Å². The summed E-state index contributed by atoms with van der Waals surface area (Å²) < 4.78 is 1.49. The highest BCUT2D eigenvalue weighted by atomic mass is 16.3. The summed E-state index contributed by atoms with van der Waals surface area (Å²) in [5.41, 5.74) is 2.45. The summed E-state index contributed by atoms with van der Waals surface area (Å²) in [4.78, 5) is 22.1. The van der Waals surface area contributed by atoms with Gasteiger partial charge in [-0.05, 0) is 62.9 Å². The van der Waals surface area contributed by atoms with Gasteiger partial charge < -0.3 is 20.3 Å². The number of fused-ring (bicyclic) bond motifs is 1. The van der Waals surface area contributed by atoms with Crippen molar-refractivity contribution in [3.8, 4) is 11.1 Å². The minimum absolute atomic E-state index is 0.112. The van der Waals surface area contributed by atoms with Crippen molar-refractivity contribution in [3.05, 3.63) is 58.9 Å². The molecule has 0 bridgehead atoms. The van der Waals surface area contributed by atoms with Gasteiger partial charge in [-0.1, -0.05) is 0 Å². The molecule has 0 aliphatic rings. The molecule has 0 amide bonds. The highest BCUT2D eigenvalue weighted by Gasteiger charge is 2.17. The zero-order valence-corrected chi connectivity index (χ0v) is 18.6. The molecule has 0 radical (unpaired) electrons. The van der Waals surface area contributed by atoms with E-state index in [1.54, 1.807) is 18.6 Å². The van der Waals surface area contributed by atoms with Crippen LogP contribution in [0.25, 0.3) is 21.9 Å². The molecule has 0 saturated carbocycles. The number of anilines is 3. The molecular weight excluding hydrogens is 406 g/mol. The molecule has 9 nitrogen and oxygen atoms in total. The number of hydrogen-bond acceptors (Lipinski definition) is 7. The molecule has 4 heterocycles. The van der Waals surface area contributed by atoms with Crippen LogP contribution in [0.1, 0.15) is 26.5 Å². The molecule has 0 unspecified atom stereocenters. The Morgan fingerprint density at radius 3 is 2.69 bits per heavy atom. The SMILES string of the molecule is Cc1[nH]ncc1-c1ccnc(Nc2cc3ccn(CCO)c(=O)c3c(NC(C)(C)C)n2)c1. The first kappa shape index (κ1) is 21.5. The summed E-state index contributed by atoms with van der Waals surface area (Å²) in [6, 6.07) is 7.53. The van der Waals surface area contributed by atoms with Gasteiger partial charge in [0.05, 0.1) is 18.2 Å². The number of rotatable bonds is 6. The molecule has 4 aromatic heterocycles. The monoisotopic (exact) mass is 433 g/mol. The Bertz CT molecular complexity index is 1320. The quantitative estimate of drug-likeness (QED) is 0.368. The number of aliphatic hydroxyl groups excluding tert-OH is 1. The van der Waals surface area contributed by atoms with Gasteiger partial charge in [0.1, 0.15) is 17.5 Å². The second kappa shape index (κ2) is 8.43. The number of H-pyrrole nitrogens is 1. The van der Waals surface area contributed by atoms with Crippen LogP contribution in [0.5, 0.6) is 0 Å². The van der Waals surface area contributed by atoms with Crippen LogP contribution in [-0.2, 0) is 6.54 Å². The molecule has 32 heavy (non-hydrogen) atoms. The lowest BCUT2D eigenvalue weighted by molar-refractivity contribution is 0.274. The summed E-state index contributed by atoms with van der Waals surface area (Å²) in [6.45, 7) is 8.11. The third-order valence-electron chi connectivity index (χ3n) is 4.95. The van der Waals surface area contributed by atoms with Crippen LogP contribution in [0.2, 0.25) is 0 Å². The number of nitrogens with one attached hydrogen (secondary N) is 3. The van der Waals surface area contributed by atoms with E-state index in [1.165, 1.54) is 4.57 Å².